The molecule has 0 amide bonds. The topological polar surface area (TPSA) is 227 Å². The van der Waals surface area contributed by atoms with Crippen molar-refractivity contribution in [2.75, 3.05) is 76.8 Å². The molecule has 0 spiro atoms. The van der Waals surface area contributed by atoms with Gasteiger partial charge in [-0.1, -0.05) is 72.8 Å². The van der Waals surface area contributed by atoms with Crippen molar-refractivity contribution < 1.29 is 53.8 Å². The van der Waals surface area contributed by atoms with Crippen LogP contribution in [0.3, 0.4) is 0 Å². The van der Waals surface area contributed by atoms with Gasteiger partial charge in [0.1, 0.15) is 19.8 Å². The quantitative estimate of drug-likeness (QED) is 0.118. The molecule has 3 atom stereocenters. The molecule has 66 heavy (non-hydrogen) atoms. The van der Waals surface area contributed by atoms with Crippen molar-refractivity contribution >= 4 is 97.4 Å². The van der Waals surface area contributed by atoms with Crippen molar-refractivity contribution in [3.05, 3.63) is 109 Å². The Hall–Kier alpha value is -6.36. The van der Waals surface area contributed by atoms with Crippen LogP contribution in [0.2, 0.25) is 0 Å². The van der Waals surface area contributed by atoms with E-state index in [-0.39, 0.29) is 14.7 Å². The number of sulfonamides is 3. The van der Waals surface area contributed by atoms with E-state index >= 15 is 0 Å². The van der Waals surface area contributed by atoms with Gasteiger partial charge in [0.05, 0.1) is 14.7 Å². The number of anilines is 3. The van der Waals surface area contributed by atoms with Crippen molar-refractivity contribution in [3.63, 3.8) is 0 Å². The lowest BCUT2D eigenvalue weighted by atomic mass is 10.1. The second kappa shape index (κ2) is 18.9. The van der Waals surface area contributed by atoms with Crippen LogP contribution in [-0.2, 0) is 58.7 Å². The number of carbonyl (C=O) groups excluding carboxylic acids is 3. The van der Waals surface area contributed by atoms with Crippen LogP contribution in [-0.4, -0.2) is 123 Å². The van der Waals surface area contributed by atoms with Crippen molar-refractivity contribution in [2.45, 2.75) is 32.8 Å². The van der Waals surface area contributed by atoms with E-state index in [2.05, 4.69) is 14.2 Å². The first kappa shape index (κ1) is 47.6. The van der Waals surface area contributed by atoms with Crippen LogP contribution in [0.5, 0.6) is 0 Å². The lowest BCUT2D eigenvalue weighted by molar-refractivity contribution is -0.160. The zero-order valence-electron chi connectivity index (χ0n) is 36.7. The Kier molecular flexibility index (Phi) is 13.6. The van der Waals surface area contributed by atoms with Crippen molar-refractivity contribution in [2.24, 2.45) is 0 Å². The number of esters is 3. The molecule has 3 N–H and O–H groups in total. The number of fused-ring (bicyclic) bond motifs is 3. The fraction of sp³-hybridized carbons (Fsp3) is 0.267. The molecule has 6 aromatic carbocycles. The monoisotopic (exact) mass is 960 g/mol. The molecule has 7 rings (SSSR count). The number of ether oxygens (including phenoxy) is 3. The molecule has 0 aromatic heterocycles. The lowest BCUT2D eigenvalue weighted by Crippen LogP contribution is -2.52. The van der Waals surface area contributed by atoms with Gasteiger partial charge in [-0.25, -0.2) is 25.3 Å². The fourth-order valence-electron chi connectivity index (χ4n) is 7.67. The fourth-order valence-corrected chi connectivity index (χ4v) is 11.8. The molecule has 1 aliphatic rings. The van der Waals surface area contributed by atoms with E-state index in [1.165, 1.54) is 36.4 Å². The summed E-state index contributed by atoms with van der Waals surface area (Å²) >= 11 is 0. The third-order valence-corrected chi connectivity index (χ3v) is 15.4. The highest BCUT2D eigenvalue weighted by molar-refractivity contribution is 7.90. The van der Waals surface area contributed by atoms with Crippen LogP contribution < -0.4 is 28.9 Å². The van der Waals surface area contributed by atoms with Crippen LogP contribution in [0.25, 0.3) is 32.3 Å². The Bertz CT molecular complexity index is 2880. The summed E-state index contributed by atoms with van der Waals surface area (Å²) in [5, 5.41) is 2.57. The predicted octanol–water partition coefficient (Wildman–Crippen LogP) is 3.33. The number of hydrogen-bond donors (Lipinski definition) is 3. The molecule has 21 heteroatoms. The van der Waals surface area contributed by atoms with Gasteiger partial charge >= 0.3 is 17.9 Å². The Morgan fingerprint density at radius 3 is 0.848 bits per heavy atom. The smallest absolute Gasteiger partial charge is 0.327 e. The summed E-state index contributed by atoms with van der Waals surface area (Å²) in [6.45, 7) is -3.09. The minimum Gasteiger partial charge on any atom is -0.462 e. The molecule has 18 nitrogen and oxygen atoms in total. The molecule has 0 saturated carbocycles. The van der Waals surface area contributed by atoms with Crippen molar-refractivity contribution in [3.8, 4) is 0 Å². The average molecular weight is 961 g/mol. The maximum atomic E-state index is 14.2. The van der Waals surface area contributed by atoms with Gasteiger partial charge in [0.15, 0.2) is 18.1 Å². The Morgan fingerprint density at radius 1 is 0.379 bits per heavy atom. The van der Waals surface area contributed by atoms with Crippen LogP contribution in [0.4, 0.5) is 17.1 Å². The van der Waals surface area contributed by atoms with Crippen LogP contribution in [0.15, 0.2) is 124 Å². The van der Waals surface area contributed by atoms with Gasteiger partial charge in [0, 0.05) is 91.7 Å². The van der Waals surface area contributed by atoms with E-state index < -0.39 is 85.9 Å². The maximum Gasteiger partial charge on any atom is 0.327 e. The summed E-state index contributed by atoms with van der Waals surface area (Å²) < 4.78 is 108. The molecule has 0 radical (unpaired) electrons. The molecular formula is C45H48N6O12S3. The van der Waals surface area contributed by atoms with Crippen molar-refractivity contribution in [1.29, 1.82) is 0 Å². The van der Waals surface area contributed by atoms with Gasteiger partial charge in [0.2, 0.25) is 30.1 Å². The van der Waals surface area contributed by atoms with E-state index in [1.807, 2.05) is 0 Å². The zero-order chi connectivity index (χ0) is 47.7. The molecule has 0 aliphatic carbocycles. The second-order valence-corrected chi connectivity index (χ2v) is 21.0. The molecule has 348 valence electrons. The van der Waals surface area contributed by atoms with Crippen LogP contribution in [0.1, 0.15) is 0 Å². The number of benzene rings is 6. The first-order valence-corrected chi connectivity index (χ1v) is 24.8. The summed E-state index contributed by atoms with van der Waals surface area (Å²) in [4.78, 5) is 46.4. The zero-order valence-corrected chi connectivity index (χ0v) is 39.2. The Balaban J connectivity index is 1.26. The number of cyclic esters (lactones) is 3. The van der Waals surface area contributed by atoms with Crippen LogP contribution >= 0.6 is 0 Å². The maximum absolute atomic E-state index is 14.2. The van der Waals surface area contributed by atoms with E-state index in [0.29, 0.717) is 49.4 Å². The van der Waals surface area contributed by atoms with Gasteiger partial charge in [0.25, 0.3) is 0 Å². The van der Waals surface area contributed by atoms with E-state index in [9.17, 15) is 39.6 Å². The Labute approximate surface area is 382 Å². The first-order chi connectivity index (χ1) is 31.2. The first-order valence-electron chi connectivity index (χ1n) is 20.3. The Morgan fingerprint density at radius 2 is 0.606 bits per heavy atom. The molecule has 6 aromatic rings. The molecule has 1 aliphatic heterocycles. The SMILES string of the molecule is CN(C)c1cccc2c(S(=O)(=O)NC3COC(=O)C(NS(=O)(=O)c4cccc5c(N(C)C)cccc45)COC(=O)C(NS(=O)(=O)c4cccc5c(N(C)C)cccc45)COC3=O)cccc12. The summed E-state index contributed by atoms with van der Waals surface area (Å²) in [5.41, 5.74) is 2.09. The predicted molar refractivity (Wildman–Crippen MR) is 250 cm³/mol. The number of rotatable bonds is 12. The van der Waals surface area contributed by atoms with Crippen molar-refractivity contribution in [1.82, 2.24) is 14.2 Å². The molecular weight excluding hydrogens is 913 g/mol. The lowest BCUT2D eigenvalue weighted by Gasteiger charge is -2.25. The standard InChI is InChI=1S/C45H48N6O12S3/c1-49(2)37-19-7-16-31-28(37)13-10-22-40(31)64(55,56)46-34-25-61-44(53)36(48-66(59,60)42-24-12-15-30-33(42)18-9-21-39(30)51(5)6)27-63-45(54)35(26-62-43(34)52)47-65(57,58)41-23-11-14-29-32(41)17-8-20-38(29)50(3)4/h7-24,34-36,46-48H,25-27H2,1-6H3. The minimum absolute atomic E-state index is 0.242. The summed E-state index contributed by atoms with van der Waals surface area (Å²) in [7, 11) is -3.26. The van der Waals surface area contributed by atoms with Gasteiger partial charge in [-0.2, -0.15) is 14.2 Å². The third-order valence-electron chi connectivity index (χ3n) is 10.8. The number of carbonyl (C=O) groups is 3. The third kappa shape index (κ3) is 9.76. The van der Waals surface area contributed by atoms with E-state index in [1.54, 1.807) is 130 Å². The van der Waals surface area contributed by atoms with E-state index in [4.69, 9.17) is 14.2 Å². The van der Waals surface area contributed by atoms with E-state index in [0.717, 1.165) is 0 Å². The normalized spacial score (nSPS) is 17.9. The second-order valence-electron chi connectivity index (χ2n) is 16.0. The number of nitrogens with zero attached hydrogens (tertiary/aromatic N) is 3. The van der Waals surface area contributed by atoms with Gasteiger partial charge < -0.3 is 28.9 Å². The average Bonchev–Trinajstić information content (AvgIpc) is 3.28. The number of hydrogen-bond acceptors (Lipinski definition) is 15. The number of nitrogens with one attached hydrogen (secondary N) is 3. The van der Waals surface area contributed by atoms with Gasteiger partial charge in [-0.15, -0.1) is 0 Å². The molecule has 1 heterocycles. The van der Waals surface area contributed by atoms with Gasteiger partial charge in [-0.3, -0.25) is 14.4 Å². The minimum atomic E-state index is -4.66. The van der Waals surface area contributed by atoms with Gasteiger partial charge in [-0.05, 0) is 36.4 Å². The summed E-state index contributed by atoms with van der Waals surface area (Å²) in [5.74, 6) is -4.12. The molecule has 1 fully saturated rings. The molecule has 3 unspecified atom stereocenters. The highest BCUT2D eigenvalue weighted by Crippen LogP contribution is 2.33. The highest BCUT2D eigenvalue weighted by Gasteiger charge is 2.37. The molecule has 1 saturated heterocycles. The van der Waals surface area contributed by atoms with Crippen LogP contribution in [0, 0.1) is 0 Å². The summed E-state index contributed by atoms with van der Waals surface area (Å²) in [6.07, 6.45) is 0. The highest BCUT2D eigenvalue weighted by atomic mass is 32.2. The largest absolute Gasteiger partial charge is 0.462 e. The summed E-state index contributed by atoms with van der Waals surface area (Å²) in [6, 6.07) is 22.7. The molecule has 0 bridgehead atoms.